The van der Waals surface area contributed by atoms with E-state index in [0.29, 0.717) is 6.61 Å². The Morgan fingerprint density at radius 1 is 1.62 bits per heavy atom. The van der Waals surface area contributed by atoms with Gasteiger partial charge in [0, 0.05) is 6.07 Å². The molecule has 0 aliphatic carbocycles. The first-order chi connectivity index (χ1) is 6.16. The van der Waals surface area contributed by atoms with Crippen molar-refractivity contribution < 1.29 is 9.66 Å². The summed E-state index contributed by atoms with van der Waals surface area (Å²) >= 11 is 5.72. The number of para-hydroxylation sites is 1. The maximum absolute atomic E-state index is 10.5. The van der Waals surface area contributed by atoms with Gasteiger partial charge in [-0.15, -0.1) is 0 Å². The Morgan fingerprint density at radius 2 is 2.31 bits per heavy atom. The van der Waals surface area contributed by atoms with Crippen LogP contribution in [0.5, 0.6) is 5.75 Å². The molecule has 1 aromatic rings. The van der Waals surface area contributed by atoms with Gasteiger partial charge in [0.25, 0.3) is 0 Å². The smallest absolute Gasteiger partial charge is 0.312 e. The third-order valence-electron chi connectivity index (χ3n) is 1.43. The summed E-state index contributed by atoms with van der Waals surface area (Å²) in [6.07, 6.45) is 0. The molecule has 4 nitrogen and oxygen atoms in total. The average Bonchev–Trinajstić information content (AvgIpc) is 2.08. The second-order valence-corrected chi connectivity index (χ2v) is 2.69. The number of benzene rings is 1. The third-order valence-corrected chi connectivity index (χ3v) is 1.73. The summed E-state index contributed by atoms with van der Waals surface area (Å²) in [6.45, 7) is 2.09. The van der Waals surface area contributed by atoms with Gasteiger partial charge in [-0.1, -0.05) is 17.7 Å². The van der Waals surface area contributed by atoms with Gasteiger partial charge in [-0.3, -0.25) is 10.1 Å². The molecule has 0 spiro atoms. The van der Waals surface area contributed by atoms with Crippen LogP contribution in [-0.4, -0.2) is 11.5 Å². The summed E-state index contributed by atoms with van der Waals surface area (Å²) in [6, 6.07) is 4.43. The lowest BCUT2D eigenvalue weighted by Crippen LogP contribution is -1.97. The van der Waals surface area contributed by atoms with E-state index in [1.807, 2.05) is 0 Å². The fraction of sp³-hybridized carbons (Fsp3) is 0.250. The average molecular weight is 202 g/mol. The molecular weight excluding hydrogens is 194 g/mol. The molecule has 0 aliphatic rings. The molecular formula is C8H8ClNO3. The summed E-state index contributed by atoms with van der Waals surface area (Å²) in [4.78, 5) is 10.00. The van der Waals surface area contributed by atoms with Crippen LogP contribution in [-0.2, 0) is 0 Å². The topological polar surface area (TPSA) is 52.4 Å². The number of ether oxygens (including phenoxy) is 1. The molecule has 0 bridgehead atoms. The van der Waals surface area contributed by atoms with E-state index >= 15 is 0 Å². The molecule has 0 fully saturated rings. The SMILES string of the molecule is CCOc1c(Cl)cccc1[N+](=O)[O-]. The fourth-order valence-corrected chi connectivity index (χ4v) is 1.15. The van der Waals surface area contributed by atoms with E-state index in [1.165, 1.54) is 12.1 Å². The number of halogens is 1. The van der Waals surface area contributed by atoms with Crippen molar-refractivity contribution in [1.82, 2.24) is 0 Å². The first-order valence-electron chi connectivity index (χ1n) is 3.72. The van der Waals surface area contributed by atoms with Gasteiger partial charge >= 0.3 is 5.69 Å². The molecule has 0 aromatic heterocycles. The van der Waals surface area contributed by atoms with E-state index in [0.717, 1.165) is 0 Å². The van der Waals surface area contributed by atoms with Crippen LogP contribution in [0.15, 0.2) is 18.2 Å². The fourth-order valence-electron chi connectivity index (χ4n) is 0.928. The maximum atomic E-state index is 10.5. The standard InChI is InChI=1S/C8H8ClNO3/c1-2-13-8-6(9)4-3-5-7(8)10(11)12/h3-5H,2H2,1H3. The predicted molar refractivity (Wildman–Crippen MR) is 49.3 cm³/mol. The molecule has 0 saturated heterocycles. The molecule has 0 heterocycles. The molecule has 0 unspecified atom stereocenters. The highest BCUT2D eigenvalue weighted by Crippen LogP contribution is 2.34. The number of hydrogen-bond donors (Lipinski definition) is 0. The lowest BCUT2D eigenvalue weighted by Gasteiger charge is -2.04. The summed E-state index contributed by atoms with van der Waals surface area (Å²) < 4.78 is 5.06. The Kier molecular flexibility index (Phi) is 3.08. The highest BCUT2D eigenvalue weighted by atomic mass is 35.5. The normalized spacial score (nSPS) is 9.69. The number of nitro groups is 1. The van der Waals surface area contributed by atoms with Gasteiger partial charge < -0.3 is 4.74 Å². The van der Waals surface area contributed by atoms with Crippen molar-refractivity contribution in [2.24, 2.45) is 0 Å². The second-order valence-electron chi connectivity index (χ2n) is 2.28. The summed E-state index contributed by atoms with van der Waals surface area (Å²) in [5.74, 6) is 0.136. The lowest BCUT2D eigenvalue weighted by atomic mass is 10.3. The Bertz CT molecular complexity index is 327. The number of nitro benzene ring substituents is 1. The first-order valence-corrected chi connectivity index (χ1v) is 4.10. The van der Waals surface area contributed by atoms with Gasteiger partial charge in [0.2, 0.25) is 5.75 Å². The summed E-state index contributed by atoms with van der Waals surface area (Å²) in [7, 11) is 0. The van der Waals surface area contributed by atoms with Crippen LogP contribution in [0.3, 0.4) is 0 Å². The van der Waals surface area contributed by atoms with E-state index < -0.39 is 4.92 Å². The van der Waals surface area contributed by atoms with Gasteiger partial charge in [0.15, 0.2) is 0 Å². The van der Waals surface area contributed by atoms with Crippen molar-refractivity contribution in [3.05, 3.63) is 33.3 Å². The zero-order valence-electron chi connectivity index (χ0n) is 6.99. The molecule has 0 saturated carbocycles. The van der Waals surface area contributed by atoms with Gasteiger partial charge in [0.1, 0.15) is 0 Å². The van der Waals surface area contributed by atoms with E-state index in [4.69, 9.17) is 16.3 Å². The Labute approximate surface area is 80.2 Å². The van der Waals surface area contributed by atoms with E-state index in [1.54, 1.807) is 13.0 Å². The summed E-state index contributed by atoms with van der Waals surface area (Å²) in [5, 5.41) is 10.8. The summed E-state index contributed by atoms with van der Waals surface area (Å²) in [5.41, 5.74) is -0.102. The van der Waals surface area contributed by atoms with E-state index in [2.05, 4.69) is 0 Å². The minimum atomic E-state index is -0.517. The number of hydrogen-bond acceptors (Lipinski definition) is 3. The molecule has 0 N–H and O–H groups in total. The highest BCUT2D eigenvalue weighted by molar-refractivity contribution is 6.32. The minimum absolute atomic E-state index is 0.102. The molecule has 1 aromatic carbocycles. The Morgan fingerprint density at radius 3 is 2.85 bits per heavy atom. The molecule has 0 aliphatic heterocycles. The highest BCUT2D eigenvalue weighted by Gasteiger charge is 2.17. The second kappa shape index (κ2) is 4.09. The lowest BCUT2D eigenvalue weighted by molar-refractivity contribution is -0.385. The predicted octanol–water partition coefficient (Wildman–Crippen LogP) is 2.65. The van der Waals surface area contributed by atoms with Crippen LogP contribution in [0.1, 0.15) is 6.92 Å². The van der Waals surface area contributed by atoms with Crippen LogP contribution in [0.2, 0.25) is 5.02 Å². The van der Waals surface area contributed by atoms with Crippen molar-refractivity contribution in [3.8, 4) is 5.75 Å². The molecule has 70 valence electrons. The monoisotopic (exact) mass is 201 g/mol. The van der Waals surface area contributed by atoms with Crippen molar-refractivity contribution in [2.75, 3.05) is 6.61 Å². The van der Waals surface area contributed by atoms with Crippen LogP contribution in [0.25, 0.3) is 0 Å². The van der Waals surface area contributed by atoms with Crippen LogP contribution < -0.4 is 4.74 Å². The van der Waals surface area contributed by atoms with E-state index in [-0.39, 0.29) is 16.5 Å². The Hall–Kier alpha value is -1.29. The molecule has 1 rings (SSSR count). The van der Waals surface area contributed by atoms with Crippen LogP contribution in [0, 0.1) is 10.1 Å². The molecule has 0 amide bonds. The van der Waals surface area contributed by atoms with E-state index in [9.17, 15) is 10.1 Å². The van der Waals surface area contributed by atoms with Gasteiger partial charge in [-0.25, -0.2) is 0 Å². The zero-order valence-corrected chi connectivity index (χ0v) is 7.75. The van der Waals surface area contributed by atoms with Crippen LogP contribution >= 0.6 is 11.6 Å². The quantitative estimate of drug-likeness (QED) is 0.558. The third kappa shape index (κ3) is 2.09. The first kappa shape index (κ1) is 9.80. The van der Waals surface area contributed by atoms with Crippen molar-refractivity contribution in [1.29, 1.82) is 0 Å². The van der Waals surface area contributed by atoms with Gasteiger partial charge in [-0.05, 0) is 13.0 Å². The largest absolute Gasteiger partial charge is 0.486 e. The number of nitrogens with zero attached hydrogens (tertiary/aromatic N) is 1. The molecule has 5 heteroatoms. The molecule has 0 atom stereocenters. The van der Waals surface area contributed by atoms with Crippen molar-refractivity contribution in [2.45, 2.75) is 6.92 Å². The van der Waals surface area contributed by atoms with Gasteiger partial charge in [0.05, 0.1) is 16.6 Å². The van der Waals surface area contributed by atoms with Crippen LogP contribution in [0.4, 0.5) is 5.69 Å². The molecule has 0 radical (unpaired) electrons. The number of rotatable bonds is 3. The van der Waals surface area contributed by atoms with Crippen molar-refractivity contribution in [3.63, 3.8) is 0 Å². The maximum Gasteiger partial charge on any atom is 0.312 e. The molecule has 13 heavy (non-hydrogen) atoms. The zero-order chi connectivity index (χ0) is 9.84. The van der Waals surface area contributed by atoms with Gasteiger partial charge in [-0.2, -0.15) is 0 Å². The van der Waals surface area contributed by atoms with Crippen molar-refractivity contribution >= 4 is 17.3 Å². The Balaban J connectivity index is 3.17. The minimum Gasteiger partial charge on any atom is -0.486 e.